The topological polar surface area (TPSA) is 59.2 Å². The molecular formula is C16H17N3O. The first-order valence-corrected chi connectivity index (χ1v) is 6.73. The Labute approximate surface area is 118 Å². The number of hydrogen-bond acceptors (Lipinski definition) is 3. The molecule has 4 heteroatoms. The number of benzene rings is 1. The normalized spacial score (nSPS) is 14.3. The molecule has 1 amide bonds. The number of nitrogens with two attached hydrogens (primary N) is 1. The van der Waals surface area contributed by atoms with E-state index in [1.54, 1.807) is 11.1 Å². The van der Waals surface area contributed by atoms with Crippen molar-refractivity contribution < 1.29 is 4.79 Å². The van der Waals surface area contributed by atoms with Crippen molar-refractivity contribution in [1.82, 2.24) is 4.98 Å². The fraction of sp³-hybridized carbons (Fsp3) is 0.250. The van der Waals surface area contributed by atoms with Crippen LogP contribution in [-0.4, -0.2) is 17.9 Å². The van der Waals surface area contributed by atoms with Crippen LogP contribution >= 0.6 is 0 Å². The molecule has 102 valence electrons. The summed E-state index contributed by atoms with van der Waals surface area (Å²) in [5.41, 5.74) is 11.3. The highest BCUT2D eigenvalue weighted by molar-refractivity contribution is 5.96. The van der Waals surface area contributed by atoms with Crippen molar-refractivity contribution in [2.45, 2.75) is 19.4 Å². The van der Waals surface area contributed by atoms with Gasteiger partial charge < -0.3 is 10.6 Å². The Hall–Kier alpha value is -2.20. The molecule has 0 fully saturated rings. The summed E-state index contributed by atoms with van der Waals surface area (Å²) in [7, 11) is 1.83. The van der Waals surface area contributed by atoms with E-state index in [1.807, 2.05) is 31.4 Å². The Morgan fingerprint density at radius 1 is 1.30 bits per heavy atom. The zero-order chi connectivity index (χ0) is 14.1. The van der Waals surface area contributed by atoms with Crippen LogP contribution in [0.15, 0.2) is 36.7 Å². The lowest BCUT2D eigenvalue weighted by Crippen LogP contribution is -2.30. The van der Waals surface area contributed by atoms with Crippen LogP contribution in [-0.2, 0) is 17.8 Å². The van der Waals surface area contributed by atoms with Crippen molar-refractivity contribution in [3.8, 4) is 11.1 Å². The highest BCUT2D eigenvalue weighted by Crippen LogP contribution is 2.32. The maximum atomic E-state index is 11.7. The Morgan fingerprint density at radius 3 is 2.95 bits per heavy atom. The number of rotatable bonds is 2. The first-order valence-electron chi connectivity index (χ1n) is 6.73. The van der Waals surface area contributed by atoms with Crippen LogP contribution in [0.3, 0.4) is 0 Å². The molecule has 2 N–H and O–H groups in total. The van der Waals surface area contributed by atoms with Gasteiger partial charge in [0.15, 0.2) is 0 Å². The lowest BCUT2D eigenvalue weighted by atomic mass is 9.95. The summed E-state index contributed by atoms with van der Waals surface area (Å²) in [5, 5.41) is 0. The summed E-state index contributed by atoms with van der Waals surface area (Å²) in [6.07, 6.45) is 4.97. The van der Waals surface area contributed by atoms with Gasteiger partial charge >= 0.3 is 0 Å². The van der Waals surface area contributed by atoms with Crippen molar-refractivity contribution in [3.63, 3.8) is 0 Å². The van der Waals surface area contributed by atoms with Crippen LogP contribution in [0.5, 0.6) is 0 Å². The van der Waals surface area contributed by atoms with Crippen molar-refractivity contribution in [2.75, 3.05) is 11.9 Å². The third kappa shape index (κ3) is 2.08. The minimum Gasteiger partial charge on any atom is -0.326 e. The Morgan fingerprint density at radius 2 is 2.15 bits per heavy atom. The first kappa shape index (κ1) is 12.8. The summed E-state index contributed by atoms with van der Waals surface area (Å²) < 4.78 is 0. The molecule has 3 rings (SSSR count). The highest BCUT2D eigenvalue weighted by Gasteiger charge is 2.21. The Bertz CT molecular complexity index is 667. The molecule has 0 bridgehead atoms. The van der Waals surface area contributed by atoms with Crippen molar-refractivity contribution in [2.24, 2.45) is 5.73 Å². The van der Waals surface area contributed by atoms with E-state index >= 15 is 0 Å². The van der Waals surface area contributed by atoms with Crippen LogP contribution in [0.1, 0.15) is 17.5 Å². The van der Waals surface area contributed by atoms with Crippen molar-refractivity contribution in [1.29, 1.82) is 0 Å². The molecule has 2 aromatic rings. The molecule has 1 aliphatic rings. The molecule has 1 aliphatic heterocycles. The molecule has 0 unspecified atom stereocenters. The lowest BCUT2D eigenvalue weighted by molar-refractivity contribution is -0.118. The molecule has 20 heavy (non-hydrogen) atoms. The molecule has 1 aromatic heterocycles. The fourth-order valence-electron chi connectivity index (χ4n) is 2.70. The number of aryl methyl sites for hydroxylation is 1. The molecular weight excluding hydrogens is 250 g/mol. The maximum Gasteiger partial charge on any atom is 0.227 e. The molecule has 4 nitrogen and oxygen atoms in total. The number of nitrogens with zero attached hydrogens (tertiary/aromatic N) is 2. The van der Waals surface area contributed by atoms with Crippen molar-refractivity contribution >= 4 is 11.6 Å². The van der Waals surface area contributed by atoms with Gasteiger partial charge in [0.1, 0.15) is 0 Å². The molecule has 2 heterocycles. The number of hydrogen-bond donors (Lipinski definition) is 1. The molecule has 0 atom stereocenters. The monoisotopic (exact) mass is 267 g/mol. The maximum absolute atomic E-state index is 11.7. The first-order chi connectivity index (χ1) is 9.70. The molecule has 0 aliphatic carbocycles. The largest absolute Gasteiger partial charge is 0.326 e. The molecule has 0 spiro atoms. The highest BCUT2D eigenvalue weighted by atomic mass is 16.2. The predicted octanol–water partition coefficient (Wildman–Crippen LogP) is 2.12. The number of pyridine rings is 1. The summed E-state index contributed by atoms with van der Waals surface area (Å²) in [6.45, 7) is 0.471. The van der Waals surface area contributed by atoms with E-state index in [-0.39, 0.29) is 5.91 Å². The number of anilines is 1. The minimum atomic E-state index is 0.178. The average molecular weight is 267 g/mol. The summed E-state index contributed by atoms with van der Waals surface area (Å²) in [5.74, 6) is 0.178. The smallest absolute Gasteiger partial charge is 0.227 e. The van der Waals surface area contributed by atoms with Gasteiger partial charge in [0.05, 0.1) is 0 Å². The van der Waals surface area contributed by atoms with E-state index in [2.05, 4.69) is 11.1 Å². The zero-order valence-corrected chi connectivity index (χ0v) is 11.5. The Balaban J connectivity index is 2.07. The summed E-state index contributed by atoms with van der Waals surface area (Å²) in [6, 6.07) is 8.21. The van der Waals surface area contributed by atoms with Crippen molar-refractivity contribution in [3.05, 3.63) is 47.8 Å². The minimum absolute atomic E-state index is 0.178. The van der Waals surface area contributed by atoms with E-state index in [9.17, 15) is 4.79 Å². The SMILES string of the molecule is CN1C(=O)CCc2cc(-c3ccncc3CN)ccc21. The standard InChI is InChI=1S/C16H17N3O/c1-19-15-4-2-11(8-12(15)3-5-16(19)20)14-6-7-18-10-13(14)9-17/h2,4,6-8,10H,3,5,9,17H2,1H3. The van der Waals surface area contributed by atoms with E-state index < -0.39 is 0 Å². The van der Waals surface area contributed by atoms with E-state index in [0.29, 0.717) is 13.0 Å². The second kappa shape index (κ2) is 5.06. The van der Waals surface area contributed by atoms with Crippen LogP contribution < -0.4 is 10.6 Å². The second-order valence-electron chi connectivity index (χ2n) is 5.03. The number of carbonyl (C=O) groups is 1. The summed E-state index contributed by atoms with van der Waals surface area (Å²) in [4.78, 5) is 17.6. The fourth-order valence-corrected chi connectivity index (χ4v) is 2.70. The quantitative estimate of drug-likeness (QED) is 0.906. The number of amides is 1. The van der Waals surface area contributed by atoms with E-state index in [4.69, 9.17) is 5.73 Å². The molecule has 0 radical (unpaired) electrons. The average Bonchev–Trinajstić information content (AvgIpc) is 2.50. The van der Waals surface area contributed by atoms with Crippen LogP contribution in [0, 0.1) is 0 Å². The van der Waals surface area contributed by atoms with Gasteiger partial charge in [-0.05, 0) is 46.9 Å². The van der Waals surface area contributed by atoms with Gasteiger partial charge in [-0.2, -0.15) is 0 Å². The third-order valence-electron chi connectivity index (χ3n) is 3.86. The Kier molecular flexibility index (Phi) is 3.24. The predicted molar refractivity (Wildman–Crippen MR) is 79.3 cm³/mol. The number of carbonyl (C=O) groups excluding carboxylic acids is 1. The van der Waals surface area contributed by atoms with Gasteiger partial charge in [0.2, 0.25) is 5.91 Å². The van der Waals surface area contributed by atoms with Gasteiger partial charge in [-0.15, -0.1) is 0 Å². The third-order valence-corrected chi connectivity index (χ3v) is 3.86. The van der Waals surface area contributed by atoms with Gasteiger partial charge in [0, 0.05) is 38.1 Å². The van der Waals surface area contributed by atoms with Gasteiger partial charge in [0.25, 0.3) is 0 Å². The molecule has 0 saturated carbocycles. The second-order valence-corrected chi connectivity index (χ2v) is 5.03. The zero-order valence-electron chi connectivity index (χ0n) is 11.5. The van der Waals surface area contributed by atoms with Crippen LogP contribution in [0.25, 0.3) is 11.1 Å². The van der Waals surface area contributed by atoms with E-state index in [0.717, 1.165) is 28.8 Å². The molecule has 0 saturated heterocycles. The van der Waals surface area contributed by atoms with Crippen LogP contribution in [0.2, 0.25) is 0 Å². The lowest BCUT2D eigenvalue weighted by Gasteiger charge is -2.26. The van der Waals surface area contributed by atoms with Crippen LogP contribution in [0.4, 0.5) is 5.69 Å². The van der Waals surface area contributed by atoms with Gasteiger partial charge in [-0.3, -0.25) is 9.78 Å². The summed E-state index contributed by atoms with van der Waals surface area (Å²) >= 11 is 0. The van der Waals surface area contributed by atoms with Gasteiger partial charge in [-0.1, -0.05) is 6.07 Å². The van der Waals surface area contributed by atoms with E-state index in [1.165, 1.54) is 5.56 Å². The van der Waals surface area contributed by atoms with Gasteiger partial charge in [-0.25, -0.2) is 0 Å². The number of aromatic nitrogens is 1. The number of fused-ring (bicyclic) bond motifs is 1. The molecule has 1 aromatic carbocycles.